The number of rotatable bonds is 1. The molecule has 0 spiro atoms. The Morgan fingerprint density at radius 1 is 1.31 bits per heavy atom. The number of fused-ring (bicyclic) bond motifs is 1. The predicted molar refractivity (Wildman–Crippen MR) is 65.5 cm³/mol. The molecule has 1 aliphatic carbocycles. The second-order valence-electron chi connectivity index (χ2n) is 3.38. The third kappa shape index (κ3) is 1.99. The van der Waals surface area contributed by atoms with Crippen LogP contribution in [0.5, 0.6) is 0 Å². The Morgan fingerprint density at radius 2 is 2.00 bits per heavy atom. The fraction of sp³-hybridized carbons (Fsp3) is 0.333. The maximum atomic E-state index is 11.8. The van der Waals surface area contributed by atoms with Gasteiger partial charge < -0.3 is 0 Å². The SMILES string of the molecule is O=C1NC(=O)C2(SC(Cl)(Cl)Cl)C=CC=CC12. The lowest BCUT2D eigenvalue weighted by Gasteiger charge is -2.30. The summed E-state index contributed by atoms with van der Waals surface area (Å²) in [6, 6.07) is 0. The smallest absolute Gasteiger partial charge is 0.248 e. The van der Waals surface area contributed by atoms with Crippen molar-refractivity contribution in [3.8, 4) is 0 Å². The molecule has 0 saturated carbocycles. The number of carbonyl (C=O) groups is 2. The summed E-state index contributed by atoms with van der Waals surface area (Å²) < 4.78 is -2.80. The molecule has 0 bridgehead atoms. The molecule has 1 saturated heterocycles. The lowest BCUT2D eigenvalue weighted by atomic mass is 9.90. The highest BCUT2D eigenvalue weighted by atomic mass is 35.6. The van der Waals surface area contributed by atoms with E-state index in [-0.39, 0.29) is 5.91 Å². The molecule has 1 aliphatic heterocycles. The van der Waals surface area contributed by atoms with Crippen molar-refractivity contribution in [3.05, 3.63) is 24.3 Å². The fourth-order valence-electron chi connectivity index (χ4n) is 1.74. The first-order chi connectivity index (χ1) is 7.35. The van der Waals surface area contributed by atoms with Crippen molar-refractivity contribution >= 4 is 58.4 Å². The van der Waals surface area contributed by atoms with Gasteiger partial charge in [-0.1, -0.05) is 70.9 Å². The van der Waals surface area contributed by atoms with Crippen molar-refractivity contribution < 1.29 is 9.59 Å². The normalized spacial score (nSPS) is 32.8. The van der Waals surface area contributed by atoms with Crippen LogP contribution in [0, 0.1) is 5.92 Å². The zero-order valence-corrected chi connectivity index (χ0v) is 10.8. The zero-order valence-electron chi connectivity index (χ0n) is 7.75. The van der Waals surface area contributed by atoms with E-state index in [2.05, 4.69) is 5.32 Å². The van der Waals surface area contributed by atoms with Gasteiger partial charge in [0.2, 0.25) is 14.9 Å². The molecule has 7 heteroatoms. The molecule has 1 N–H and O–H groups in total. The van der Waals surface area contributed by atoms with Gasteiger partial charge in [0.05, 0.1) is 5.92 Å². The Hall–Kier alpha value is -0.160. The van der Waals surface area contributed by atoms with E-state index in [0.717, 1.165) is 11.8 Å². The minimum Gasteiger partial charge on any atom is -0.294 e. The third-order valence-corrected chi connectivity index (χ3v) is 4.22. The van der Waals surface area contributed by atoms with E-state index in [1.54, 1.807) is 24.3 Å². The summed E-state index contributed by atoms with van der Waals surface area (Å²) in [6.45, 7) is 0. The first-order valence-electron chi connectivity index (χ1n) is 4.33. The van der Waals surface area contributed by atoms with Crippen molar-refractivity contribution in [2.24, 2.45) is 5.92 Å². The monoisotopic (exact) mass is 297 g/mol. The van der Waals surface area contributed by atoms with Crippen molar-refractivity contribution in [2.75, 3.05) is 0 Å². The summed E-state index contributed by atoms with van der Waals surface area (Å²) in [6.07, 6.45) is 6.58. The van der Waals surface area contributed by atoms with Gasteiger partial charge in [0.15, 0.2) is 0 Å². The Labute approximate surface area is 111 Å². The molecule has 16 heavy (non-hydrogen) atoms. The molecule has 86 valence electrons. The highest BCUT2D eigenvalue weighted by Gasteiger charge is 2.56. The predicted octanol–water partition coefficient (Wildman–Crippen LogP) is 2.18. The molecule has 1 fully saturated rings. The Bertz CT molecular complexity index is 415. The van der Waals surface area contributed by atoms with Crippen LogP contribution in [0.3, 0.4) is 0 Å². The van der Waals surface area contributed by atoms with E-state index < -0.39 is 19.7 Å². The quantitative estimate of drug-likeness (QED) is 0.596. The Kier molecular flexibility index (Phi) is 3.03. The average molecular weight is 299 g/mol. The molecule has 0 radical (unpaired) electrons. The lowest BCUT2D eigenvalue weighted by molar-refractivity contribution is -0.125. The van der Waals surface area contributed by atoms with Crippen molar-refractivity contribution in [3.63, 3.8) is 0 Å². The minimum absolute atomic E-state index is 0.368. The molecule has 2 amide bonds. The molecule has 0 aromatic carbocycles. The zero-order chi connectivity index (χ0) is 12.0. The van der Waals surface area contributed by atoms with Crippen LogP contribution in [0.25, 0.3) is 0 Å². The van der Waals surface area contributed by atoms with Gasteiger partial charge in [-0.25, -0.2) is 0 Å². The first kappa shape index (κ1) is 12.3. The summed E-state index contributed by atoms with van der Waals surface area (Å²) in [5, 5.41) is 2.25. The van der Waals surface area contributed by atoms with Crippen molar-refractivity contribution in [2.45, 2.75) is 7.87 Å². The lowest BCUT2D eigenvalue weighted by Crippen LogP contribution is -2.39. The number of carbonyl (C=O) groups excluding carboxylic acids is 2. The maximum absolute atomic E-state index is 11.8. The number of nitrogens with one attached hydrogen (secondary N) is 1. The second kappa shape index (κ2) is 3.95. The van der Waals surface area contributed by atoms with Gasteiger partial charge in [0.25, 0.3) is 0 Å². The first-order valence-corrected chi connectivity index (χ1v) is 6.28. The van der Waals surface area contributed by atoms with Gasteiger partial charge in [-0.15, -0.1) is 0 Å². The van der Waals surface area contributed by atoms with Crippen LogP contribution in [0.1, 0.15) is 0 Å². The number of hydrogen-bond donors (Lipinski definition) is 1. The topological polar surface area (TPSA) is 46.2 Å². The van der Waals surface area contributed by atoms with Gasteiger partial charge in [0.1, 0.15) is 4.75 Å². The van der Waals surface area contributed by atoms with Gasteiger partial charge in [-0.2, -0.15) is 0 Å². The summed E-state index contributed by atoms with van der Waals surface area (Å²) in [7, 11) is 0. The molecular formula is C9H6Cl3NO2S. The molecule has 1 heterocycles. The van der Waals surface area contributed by atoms with Gasteiger partial charge in [-0.05, 0) is 0 Å². The molecule has 2 aliphatic rings. The molecule has 2 atom stereocenters. The highest BCUT2D eigenvalue weighted by molar-refractivity contribution is 8.06. The van der Waals surface area contributed by atoms with Crippen molar-refractivity contribution in [1.82, 2.24) is 5.32 Å². The maximum Gasteiger partial charge on any atom is 0.248 e. The Balaban J connectivity index is 2.42. The minimum atomic E-state index is -1.66. The number of thioether (sulfide) groups is 1. The largest absolute Gasteiger partial charge is 0.294 e. The van der Waals surface area contributed by atoms with Crippen molar-refractivity contribution in [1.29, 1.82) is 0 Å². The van der Waals surface area contributed by atoms with Crippen LogP contribution in [0.4, 0.5) is 0 Å². The fourth-order valence-corrected chi connectivity index (χ4v) is 3.88. The standard InChI is InChI=1S/C9H6Cl3NO2S/c10-9(11,12)16-8-4-2-1-3-5(8)6(14)13-7(8)15/h1-5H,(H,13,14,15). The molecule has 3 nitrogen and oxygen atoms in total. The van der Waals surface area contributed by atoms with E-state index in [9.17, 15) is 9.59 Å². The molecule has 0 aromatic heterocycles. The number of alkyl halides is 3. The van der Waals surface area contributed by atoms with Crippen LogP contribution in [-0.4, -0.2) is 19.7 Å². The van der Waals surface area contributed by atoms with Gasteiger partial charge in [0, 0.05) is 0 Å². The van der Waals surface area contributed by atoms with E-state index in [1.165, 1.54) is 0 Å². The van der Waals surface area contributed by atoms with E-state index in [1.807, 2.05) is 0 Å². The number of imide groups is 1. The van der Waals surface area contributed by atoms with Gasteiger partial charge >= 0.3 is 0 Å². The molecule has 2 rings (SSSR count). The number of hydrogen-bond acceptors (Lipinski definition) is 3. The Morgan fingerprint density at radius 3 is 2.62 bits per heavy atom. The second-order valence-corrected chi connectivity index (χ2v) is 7.83. The number of halogens is 3. The van der Waals surface area contributed by atoms with Crippen LogP contribution >= 0.6 is 46.6 Å². The average Bonchev–Trinajstić information content (AvgIpc) is 2.37. The van der Waals surface area contributed by atoms with Crippen LogP contribution in [-0.2, 0) is 9.59 Å². The van der Waals surface area contributed by atoms with E-state index >= 15 is 0 Å². The summed E-state index contributed by atoms with van der Waals surface area (Å²) in [5.41, 5.74) is 0. The molecule has 0 aromatic rings. The summed E-state index contributed by atoms with van der Waals surface area (Å²) in [4.78, 5) is 23.4. The number of allylic oxidation sites excluding steroid dienone is 2. The van der Waals surface area contributed by atoms with Crippen LogP contribution < -0.4 is 5.32 Å². The summed E-state index contributed by atoms with van der Waals surface area (Å²) in [5.74, 6) is -1.43. The van der Waals surface area contributed by atoms with Crippen LogP contribution in [0.2, 0.25) is 0 Å². The number of amides is 2. The molecular weight excluding hydrogens is 293 g/mol. The molecule has 2 unspecified atom stereocenters. The van der Waals surface area contributed by atoms with Crippen LogP contribution in [0.15, 0.2) is 24.3 Å². The van der Waals surface area contributed by atoms with E-state index in [0.29, 0.717) is 0 Å². The van der Waals surface area contributed by atoms with E-state index in [4.69, 9.17) is 34.8 Å². The third-order valence-electron chi connectivity index (χ3n) is 2.38. The highest BCUT2D eigenvalue weighted by Crippen LogP contribution is 2.52. The van der Waals surface area contributed by atoms with Gasteiger partial charge in [-0.3, -0.25) is 14.9 Å². The summed E-state index contributed by atoms with van der Waals surface area (Å²) >= 11 is 17.9.